The Hall–Kier alpha value is -3.43. The molecule has 0 aromatic heterocycles. The summed E-state index contributed by atoms with van der Waals surface area (Å²) in [5.74, 6) is 0.482. The van der Waals surface area contributed by atoms with E-state index < -0.39 is 11.3 Å². The Labute approximate surface area is 152 Å². The van der Waals surface area contributed by atoms with E-state index in [1.807, 2.05) is 12.1 Å². The van der Waals surface area contributed by atoms with Crippen molar-refractivity contribution in [2.45, 2.75) is 18.8 Å². The van der Waals surface area contributed by atoms with E-state index in [0.717, 1.165) is 18.4 Å². The van der Waals surface area contributed by atoms with E-state index in [2.05, 4.69) is 18.2 Å². The number of nitrogens with zero attached hydrogens (tertiary/aromatic N) is 3. The first-order chi connectivity index (χ1) is 12.6. The van der Waals surface area contributed by atoms with Gasteiger partial charge < -0.3 is 15.2 Å². The van der Waals surface area contributed by atoms with Crippen molar-refractivity contribution in [3.63, 3.8) is 0 Å². The predicted octanol–water partition coefficient (Wildman–Crippen LogP) is 2.91. The maximum absolute atomic E-state index is 9.96. The number of nitrogens with two attached hydrogens (primary N) is 1. The standard InChI is InChI=1S/C20H18N4O2/c1-25-12-6-7-15(17(8-12)26-2)18-14-5-3-4-13(14)16(9-21)19(24)20(18,10-22)11-23/h4,6-8,14,18H,3,5,24H2,1-2H3/t14-,18+/m1/s1. The van der Waals surface area contributed by atoms with Gasteiger partial charge in [-0.3, -0.25) is 0 Å². The molecule has 0 saturated carbocycles. The van der Waals surface area contributed by atoms with Crippen molar-refractivity contribution in [2.24, 2.45) is 17.1 Å². The van der Waals surface area contributed by atoms with Crippen molar-refractivity contribution in [1.82, 2.24) is 0 Å². The molecular weight excluding hydrogens is 328 g/mol. The minimum Gasteiger partial charge on any atom is -0.497 e. The smallest absolute Gasteiger partial charge is 0.191 e. The summed E-state index contributed by atoms with van der Waals surface area (Å²) in [4.78, 5) is 0. The molecule has 0 unspecified atom stereocenters. The number of hydrogen-bond donors (Lipinski definition) is 1. The molecule has 0 saturated heterocycles. The quantitative estimate of drug-likeness (QED) is 0.899. The first-order valence-electron chi connectivity index (χ1n) is 8.23. The van der Waals surface area contributed by atoms with Crippen LogP contribution >= 0.6 is 0 Å². The minimum absolute atomic E-state index is 0.0253. The van der Waals surface area contributed by atoms with E-state index >= 15 is 0 Å². The number of fused-ring (bicyclic) bond motifs is 1. The number of nitriles is 3. The molecule has 0 fully saturated rings. The molecule has 0 aliphatic heterocycles. The molecule has 130 valence electrons. The first kappa shape index (κ1) is 17.4. The van der Waals surface area contributed by atoms with Gasteiger partial charge in [-0.05, 0) is 30.4 Å². The zero-order valence-corrected chi connectivity index (χ0v) is 14.6. The van der Waals surface area contributed by atoms with E-state index in [-0.39, 0.29) is 17.2 Å². The highest BCUT2D eigenvalue weighted by Crippen LogP contribution is 2.58. The lowest BCUT2D eigenvalue weighted by Crippen LogP contribution is -2.41. The largest absolute Gasteiger partial charge is 0.497 e. The first-order valence-corrected chi connectivity index (χ1v) is 8.23. The molecule has 0 bridgehead atoms. The Morgan fingerprint density at radius 2 is 1.88 bits per heavy atom. The fraction of sp³-hybridized carbons (Fsp3) is 0.350. The molecule has 2 aliphatic carbocycles. The molecular formula is C20H18N4O2. The number of rotatable bonds is 3. The Morgan fingerprint density at radius 3 is 2.46 bits per heavy atom. The molecule has 0 heterocycles. The van der Waals surface area contributed by atoms with Crippen molar-refractivity contribution >= 4 is 0 Å². The van der Waals surface area contributed by atoms with Crippen molar-refractivity contribution in [1.29, 1.82) is 15.8 Å². The third kappa shape index (κ3) is 2.22. The van der Waals surface area contributed by atoms with Gasteiger partial charge in [-0.2, -0.15) is 15.8 Å². The third-order valence-corrected chi connectivity index (χ3v) is 5.33. The Kier molecular flexibility index (Phi) is 4.33. The van der Waals surface area contributed by atoms with E-state index in [1.54, 1.807) is 19.2 Å². The zero-order valence-electron chi connectivity index (χ0n) is 14.6. The molecule has 2 atom stereocenters. The van der Waals surface area contributed by atoms with Crippen LogP contribution in [0.1, 0.15) is 24.3 Å². The second-order valence-corrected chi connectivity index (χ2v) is 6.36. The normalized spacial score (nSPS) is 23.1. The number of benzene rings is 1. The highest BCUT2D eigenvalue weighted by molar-refractivity contribution is 5.61. The van der Waals surface area contributed by atoms with Gasteiger partial charge in [0, 0.05) is 17.5 Å². The van der Waals surface area contributed by atoms with E-state index in [0.29, 0.717) is 17.1 Å². The lowest BCUT2D eigenvalue weighted by Gasteiger charge is -2.40. The summed E-state index contributed by atoms with van der Waals surface area (Å²) < 4.78 is 10.8. The topological polar surface area (TPSA) is 116 Å². The molecule has 2 N–H and O–H groups in total. The molecule has 0 radical (unpaired) electrons. The summed E-state index contributed by atoms with van der Waals surface area (Å²) >= 11 is 0. The summed E-state index contributed by atoms with van der Waals surface area (Å²) in [6.07, 6.45) is 3.51. The molecule has 6 nitrogen and oxygen atoms in total. The molecule has 2 aliphatic rings. The van der Waals surface area contributed by atoms with Crippen LogP contribution in [0.4, 0.5) is 0 Å². The molecule has 26 heavy (non-hydrogen) atoms. The minimum atomic E-state index is -1.63. The van der Waals surface area contributed by atoms with Crippen molar-refractivity contribution in [3.8, 4) is 29.7 Å². The zero-order chi connectivity index (χ0) is 18.9. The van der Waals surface area contributed by atoms with Crippen LogP contribution in [0, 0.1) is 45.3 Å². The summed E-state index contributed by atoms with van der Waals surface area (Å²) in [7, 11) is 3.09. The number of ether oxygens (including phenoxy) is 2. The van der Waals surface area contributed by atoms with Crippen LogP contribution in [-0.2, 0) is 0 Å². The van der Waals surface area contributed by atoms with Crippen LogP contribution in [0.2, 0.25) is 0 Å². The molecule has 1 aromatic carbocycles. The van der Waals surface area contributed by atoms with Gasteiger partial charge in [0.05, 0.1) is 37.6 Å². The van der Waals surface area contributed by atoms with Gasteiger partial charge in [0.1, 0.15) is 17.6 Å². The van der Waals surface area contributed by atoms with Crippen molar-refractivity contribution < 1.29 is 9.47 Å². The predicted molar refractivity (Wildman–Crippen MR) is 93.6 cm³/mol. The second-order valence-electron chi connectivity index (χ2n) is 6.36. The fourth-order valence-corrected chi connectivity index (χ4v) is 4.12. The summed E-state index contributed by atoms with van der Waals surface area (Å²) in [5, 5.41) is 29.5. The number of hydrogen-bond acceptors (Lipinski definition) is 6. The summed E-state index contributed by atoms with van der Waals surface area (Å²) in [6.45, 7) is 0. The SMILES string of the molecule is COc1ccc([C@@H]2[C@@H]3CCC=C3C(C#N)=C(N)C2(C#N)C#N)c(OC)c1. The lowest BCUT2D eigenvalue weighted by atomic mass is 9.59. The van der Waals surface area contributed by atoms with E-state index in [9.17, 15) is 15.8 Å². The highest BCUT2D eigenvalue weighted by atomic mass is 16.5. The van der Waals surface area contributed by atoms with Crippen LogP contribution < -0.4 is 15.2 Å². The van der Waals surface area contributed by atoms with Gasteiger partial charge in [0.25, 0.3) is 0 Å². The van der Waals surface area contributed by atoms with Crippen LogP contribution in [0.3, 0.4) is 0 Å². The van der Waals surface area contributed by atoms with Crippen molar-refractivity contribution in [3.05, 3.63) is 46.7 Å². The average Bonchev–Trinajstić information content (AvgIpc) is 3.15. The van der Waals surface area contributed by atoms with Crippen molar-refractivity contribution in [2.75, 3.05) is 14.2 Å². The van der Waals surface area contributed by atoms with Gasteiger partial charge in [-0.25, -0.2) is 0 Å². The van der Waals surface area contributed by atoms with Gasteiger partial charge in [-0.15, -0.1) is 0 Å². The van der Waals surface area contributed by atoms with Crippen LogP contribution in [0.15, 0.2) is 41.1 Å². The van der Waals surface area contributed by atoms with E-state index in [4.69, 9.17) is 15.2 Å². The summed E-state index contributed by atoms with van der Waals surface area (Å²) in [6, 6.07) is 11.6. The summed E-state index contributed by atoms with van der Waals surface area (Å²) in [5.41, 5.74) is 6.43. The maximum atomic E-state index is 9.96. The van der Waals surface area contributed by atoms with Crippen LogP contribution in [0.5, 0.6) is 11.5 Å². The fourth-order valence-electron chi connectivity index (χ4n) is 4.12. The van der Waals surface area contributed by atoms with Gasteiger partial charge in [0.2, 0.25) is 0 Å². The number of allylic oxidation sites excluding steroid dienone is 4. The highest BCUT2D eigenvalue weighted by Gasteiger charge is 2.54. The Morgan fingerprint density at radius 1 is 1.15 bits per heavy atom. The molecule has 1 aromatic rings. The average molecular weight is 346 g/mol. The Bertz CT molecular complexity index is 926. The molecule has 3 rings (SSSR count). The molecule has 0 amide bonds. The van der Waals surface area contributed by atoms with Crippen LogP contribution in [-0.4, -0.2) is 14.2 Å². The molecule has 6 heteroatoms. The van der Waals surface area contributed by atoms with Gasteiger partial charge in [-0.1, -0.05) is 12.1 Å². The van der Waals surface area contributed by atoms with Gasteiger partial charge >= 0.3 is 0 Å². The third-order valence-electron chi connectivity index (χ3n) is 5.33. The number of methoxy groups -OCH3 is 2. The lowest BCUT2D eigenvalue weighted by molar-refractivity contribution is 0.325. The second kappa shape index (κ2) is 6.47. The van der Waals surface area contributed by atoms with E-state index in [1.165, 1.54) is 7.11 Å². The van der Waals surface area contributed by atoms with Gasteiger partial charge in [0.15, 0.2) is 5.41 Å². The monoisotopic (exact) mass is 346 g/mol. The van der Waals surface area contributed by atoms with Crippen LogP contribution in [0.25, 0.3) is 0 Å². The maximum Gasteiger partial charge on any atom is 0.191 e. The Balaban J connectivity index is 2.32. The molecule has 0 spiro atoms.